The second-order valence-corrected chi connectivity index (χ2v) is 7.24. The van der Waals surface area contributed by atoms with E-state index in [0.29, 0.717) is 19.1 Å². The summed E-state index contributed by atoms with van der Waals surface area (Å²) in [5.41, 5.74) is 2.96. The van der Waals surface area contributed by atoms with Crippen molar-refractivity contribution in [2.75, 3.05) is 13.2 Å². The van der Waals surface area contributed by atoms with Gasteiger partial charge in [0, 0.05) is 30.6 Å². The molecule has 0 unspecified atom stereocenters. The van der Waals surface area contributed by atoms with Gasteiger partial charge in [0.15, 0.2) is 0 Å². The van der Waals surface area contributed by atoms with Gasteiger partial charge in [0.25, 0.3) is 5.91 Å². The SMILES string of the molecule is O=C(c1ccc2c(c1)CCO2)N(Cc1ccoc1)CC1CCCCC1. The van der Waals surface area contributed by atoms with Gasteiger partial charge in [-0.15, -0.1) is 0 Å². The van der Waals surface area contributed by atoms with Crippen molar-refractivity contribution in [2.24, 2.45) is 5.92 Å². The van der Waals surface area contributed by atoms with Gasteiger partial charge in [-0.05, 0) is 48.6 Å². The molecule has 0 saturated heterocycles. The molecule has 1 amide bonds. The van der Waals surface area contributed by atoms with E-state index in [1.165, 1.54) is 32.1 Å². The molecule has 1 aliphatic carbocycles. The van der Waals surface area contributed by atoms with Crippen LogP contribution in [0.4, 0.5) is 0 Å². The lowest BCUT2D eigenvalue weighted by molar-refractivity contribution is 0.0698. The molecule has 4 nitrogen and oxygen atoms in total. The Balaban J connectivity index is 1.54. The topological polar surface area (TPSA) is 42.7 Å². The molecule has 132 valence electrons. The van der Waals surface area contributed by atoms with Gasteiger partial charge in [-0.1, -0.05) is 19.3 Å². The van der Waals surface area contributed by atoms with Gasteiger partial charge in [-0.2, -0.15) is 0 Å². The summed E-state index contributed by atoms with van der Waals surface area (Å²) < 4.78 is 10.8. The van der Waals surface area contributed by atoms with Crippen LogP contribution in [-0.4, -0.2) is 24.0 Å². The monoisotopic (exact) mass is 339 g/mol. The summed E-state index contributed by atoms with van der Waals surface area (Å²) in [5.74, 6) is 1.65. The van der Waals surface area contributed by atoms with E-state index in [-0.39, 0.29) is 5.91 Å². The molecule has 1 saturated carbocycles. The minimum absolute atomic E-state index is 0.112. The van der Waals surface area contributed by atoms with Gasteiger partial charge < -0.3 is 14.1 Å². The number of rotatable bonds is 5. The Bertz CT molecular complexity index is 717. The molecule has 0 atom stereocenters. The van der Waals surface area contributed by atoms with Crippen LogP contribution in [0.2, 0.25) is 0 Å². The molecule has 0 spiro atoms. The summed E-state index contributed by atoms with van der Waals surface area (Å²) in [6.07, 6.45) is 10.7. The first-order valence-electron chi connectivity index (χ1n) is 9.35. The number of carbonyl (C=O) groups excluding carboxylic acids is 1. The first-order chi connectivity index (χ1) is 12.3. The zero-order valence-corrected chi connectivity index (χ0v) is 14.6. The average Bonchev–Trinajstić information content (AvgIpc) is 3.32. The van der Waals surface area contributed by atoms with Crippen LogP contribution in [0, 0.1) is 5.92 Å². The van der Waals surface area contributed by atoms with Crippen molar-refractivity contribution in [3.8, 4) is 5.75 Å². The van der Waals surface area contributed by atoms with Gasteiger partial charge >= 0.3 is 0 Å². The number of carbonyl (C=O) groups is 1. The minimum atomic E-state index is 0.112. The standard InChI is InChI=1S/C21H25NO3/c23-21(19-6-7-20-18(12-19)9-11-25-20)22(14-17-8-10-24-15-17)13-16-4-2-1-3-5-16/h6-8,10,12,15-16H,1-5,9,11,13-14H2. The molecule has 1 aliphatic heterocycles. The van der Waals surface area contributed by atoms with Crippen LogP contribution >= 0.6 is 0 Å². The molecule has 0 N–H and O–H groups in total. The molecular weight excluding hydrogens is 314 g/mol. The van der Waals surface area contributed by atoms with E-state index >= 15 is 0 Å². The molecule has 4 rings (SSSR count). The lowest BCUT2D eigenvalue weighted by atomic mass is 9.88. The van der Waals surface area contributed by atoms with E-state index < -0.39 is 0 Å². The van der Waals surface area contributed by atoms with Crippen LogP contribution in [0.5, 0.6) is 5.75 Å². The van der Waals surface area contributed by atoms with Crippen molar-refractivity contribution in [1.82, 2.24) is 4.90 Å². The Kier molecular flexibility index (Phi) is 4.77. The number of furan rings is 1. The maximum Gasteiger partial charge on any atom is 0.254 e. The average molecular weight is 339 g/mol. The third-order valence-corrected chi connectivity index (χ3v) is 5.38. The summed E-state index contributed by atoms with van der Waals surface area (Å²) in [6.45, 7) is 2.16. The molecule has 25 heavy (non-hydrogen) atoms. The van der Waals surface area contributed by atoms with Crippen molar-refractivity contribution in [3.05, 3.63) is 53.5 Å². The van der Waals surface area contributed by atoms with Crippen LogP contribution in [-0.2, 0) is 13.0 Å². The summed E-state index contributed by atoms with van der Waals surface area (Å²) >= 11 is 0. The number of nitrogens with zero attached hydrogens (tertiary/aromatic N) is 1. The number of hydrogen-bond donors (Lipinski definition) is 0. The number of hydrogen-bond acceptors (Lipinski definition) is 3. The van der Waals surface area contributed by atoms with E-state index in [4.69, 9.17) is 9.15 Å². The molecule has 2 aliphatic rings. The predicted octanol–water partition coefficient (Wildman–Crippen LogP) is 4.44. The maximum atomic E-state index is 13.2. The molecule has 1 aromatic heterocycles. The second kappa shape index (κ2) is 7.34. The fourth-order valence-electron chi connectivity index (χ4n) is 4.01. The van der Waals surface area contributed by atoms with Gasteiger partial charge in [0.1, 0.15) is 5.75 Å². The summed E-state index contributed by atoms with van der Waals surface area (Å²) in [7, 11) is 0. The fourth-order valence-corrected chi connectivity index (χ4v) is 4.01. The zero-order valence-electron chi connectivity index (χ0n) is 14.6. The molecule has 4 heteroatoms. The Morgan fingerprint density at radius 1 is 1.16 bits per heavy atom. The van der Waals surface area contributed by atoms with Crippen molar-refractivity contribution >= 4 is 5.91 Å². The van der Waals surface area contributed by atoms with Crippen LogP contribution in [0.15, 0.2) is 41.2 Å². The summed E-state index contributed by atoms with van der Waals surface area (Å²) in [6, 6.07) is 7.79. The highest BCUT2D eigenvalue weighted by molar-refractivity contribution is 5.94. The number of ether oxygens (including phenoxy) is 1. The lowest BCUT2D eigenvalue weighted by Gasteiger charge is -2.30. The highest BCUT2D eigenvalue weighted by atomic mass is 16.5. The van der Waals surface area contributed by atoms with Crippen molar-refractivity contribution in [3.63, 3.8) is 0 Å². The normalized spacial score (nSPS) is 17.1. The Morgan fingerprint density at radius 2 is 2.04 bits per heavy atom. The van der Waals surface area contributed by atoms with Crippen LogP contribution in [0.1, 0.15) is 53.6 Å². The fraction of sp³-hybridized carbons (Fsp3) is 0.476. The van der Waals surface area contributed by atoms with E-state index in [9.17, 15) is 4.79 Å². The van der Waals surface area contributed by atoms with Gasteiger partial charge in [-0.3, -0.25) is 4.79 Å². The molecule has 1 fully saturated rings. The molecular formula is C21H25NO3. The molecule has 0 radical (unpaired) electrons. The van der Waals surface area contributed by atoms with E-state index in [1.807, 2.05) is 29.2 Å². The maximum absolute atomic E-state index is 13.2. The van der Waals surface area contributed by atoms with E-state index in [1.54, 1.807) is 12.5 Å². The largest absolute Gasteiger partial charge is 0.493 e. The second-order valence-electron chi connectivity index (χ2n) is 7.24. The highest BCUT2D eigenvalue weighted by Crippen LogP contribution is 2.28. The third-order valence-electron chi connectivity index (χ3n) is 5.38. The molecule has 2 aromatic rings. The summed E-state index contributed by atoms with van der Waals surface area (Å²) in [5, 5.41) is 0. The Labute approximate surface area is 148 Å². The van der Waals surface area contributed by atoms with Gasteiger partial charge in [0.05, 0.1) is 19.1 Å². The molecule has 2 heterocycles. The number of fused-ring (bicyclic) bond motifs is 1. The first kappa shape index (κ1) is 16.2. The van der Waals surface area contributed by atoms with E-state index in [0.717, 1.165) is 35.4 Å². The Morgan fingerprint density at radius 3 is 2.84 bits per heavy atom. The van der Waals surface area contributed by atoms with Crippen molar-refractivity contribution in [1.29, 1.82) is 0 Å². The molecule has 0 bridgehead atoms. The Hall–Kier alpha value is -2.23. The van der Waals surface area contributed by atoms with Gasteiger partial charge in [-0.25, -0.2) is 0 Å². The molecule has 1 aromatic carbocycles. The van der Waals surface area contributed by atoms with Crippen LogP contribution in [0.3, 0.4) is 0 Å². The number of amides is 1. The van der Waals surface area contributed by atoms with Crippen molar-refractivity contribution in [2.45, 2.75) is 45.1 Å². The van der Waals surface area contributed by atoms with E-state index in [2.05, 4.69) is 0 Å². The van der Waals surface area contributed by atoms with Crippen molar-refractivity contribution < 1.29 is 13.9 Å². The lowest BCUT2D eigenvalue weighted by Crippen LogP contribution is -2.35. The quantitative estimate of drug-likeness (QED) is 0.809. The van der Waals surface area contributed by atoms with Crippen LogP contribution in [0.25, 0.3) is 0 Å². The summed E-state index contributed by atoms with van der Waals surface area (Å²) in [4.78, 5) is 15.2. The smallest absolute Gasteiger partial charge is 0.254 e. The van der Waals surface area contributed by atoms with Gasteiger partial charge in [0.2, 0.25) is 0 Å². The number of benzene rings is 1. The minimum Gasteiger partial charge on any atom is -0.493 e. The highest BCUT2D eigenvalue weighted by Gasteiger charge is 2.24. The first-order valence-corrected chi connectivity index (χ1v) is 9.35. The van der Waals surface area contributed by atoms with Crippen LogP contribution < -0.4 is 4.74 Å². The third kappa shape index (κ3) is 3.73. The predicted molar refractivity (Wildman–Crippen MR) is 95.7 cm³/mol. The zero-order chi connectivity index (χ0) is 17.1.